The molecule has 0 aliphatic rings. The van der Waals surface area contributed by atoms with Crippen molar-refractivity contribution in [2.75, 3.05) is 25.1 Å². The highest BCUT2D eigenvalue weighted by molar-refractivity contribution is 9.11. The van der Waals surface area contributed by atoms with Gasteiger partial charge in [0, 0.05) is 21.3 Å². The maximum absolute atomic E-state index is 12.7. The van der Waals surface area contributed by atoms with Gasteiger partial charge in [-0.2, -0.15) is 5.10 Å². The third-order valence-corrected chi connectivity index (χ3v) is 6.00. The zero-order valence-electron chi connectivity index (χ0n) is 20.9. The van der Waals surface area contributed by atoms with Gasteiger partial charge >= 0.3 is 0 Å². The highest BCUT2D eigenvalue weighted by Crippen LogP contribution is 2.32. The average molecular weight is 645 g/mol. The first-order valence-corrected chi connectivity index (χ1v) is 13.2. The van der Waals surface area contributed by atoms with Gasteiger partial charge in [-0.25, -0.2) is 5.43 Å². The van der Waals surface area contributed by atoms with Crippen LogP contribution in [0.25, 0.3) is 0 Å². The molecule has 0 aromatic heterocycles. The lowest BCUT2D eigenvalue weighted by Gasteiger charge is -2.13. The van der Waals surface area contributed by atoms with Gasteiger partial charge in [-0.3, -0.25) is 9.59 Å². The molecule has 0 atom stereocenters. The van der Waals surface area contributed by atoms with E-state index in [0.717, 1.165) is 10.0 Å². The zero-order chi connectivity index (χ0) is 27.5. The number of hydrazone groups is 1. The topological polar surface area (TPSA) is 98.3 Å². The van der Waals surface area contributed by atoms with Crippen molar-refractivity contribution in [2.24, 2.45) is 5.10 Å². The van der Waals surface area contributed by atoms with Gasteiger partial charge in [0.25, 0.3) is 11.8 Å². The number of rotatable bonds is 12. The summed E-state index contributed by atoms with van der Waals surface area (Å²) in [5.41, 5.74) is 5.16. The number of hydrogen-bond donors (Lipinski definition) is 2. The Morgan fingerprint density at radius 3 is 2.47 bits per heavy atom. The van der Waals surface area contributed by atoms with Gasteiger partial charge < -0.3 is 19.5 Å². The van der Waals surface area contributed by atoms with Crippen LogP contribution in [0.3, 0.4) is 0 Å². The Morgan fingerprint density at radius 2 is 1.76 bits per heavy atom. The first-order valence-electron chi connectivity index (χ1n) is 11.6. The number of halogens is 2. The SMILES string of the molecule is C=CCOc1ccc(C(=O)N/N=C/c2cc(Br)cc(Br)c2OCC(=O)Nc2ccc(C)cc2)cc1OCC. The van der Waals surface area contributed by atoms with E-state index in [1.807, 2.05) is 38.1 Å². The van der Waals surface area contributed by atoms with Crippen LogP contribution in [-0.4, -0.2) is 37.8 Å². The van der Waals surface area contributed by atoms with Crippen molar-refractivity contribution in [3.05, 3.63) is 92.9 Å². The molecule has 3 aromatic carbocycles. The van der Waals surface area contributed by atoms with Crippen LogP contribution in [-0.2, 0) is 4.79 Å². The molecule has 0 saturated heterocycles. The highest BCUT2D eigenvalue weighted by atomic mass is 79.9. The number of aryl methyl sites for hydroxylation is 1. The standard InChI is InChI=1S/C28H27Br2N3O5/c1-4-12-37-24-11-8-19(14-25(24)36-5-2)28(35)33-31-16-20-13-21(29)15-23(30)27(20)38-17-26(34)32-22-9-6-18(3)7-10-22/h4,6-11,13-16H,1,5,12,17H2,2-3H3,(H,32,34)(H,33,35)/b31-16+. The number of ether oxygens (including phenoxy) is 3. The van der Waals surface area contributed by atoms with E-state index in [9.17, 15) is 9.59 Å². The highest BCUT2D eigenvalue weighted by Gasteiger charge is 2.14. The van der Waals surface area contributed by atoms with Crippen molar-refractivity contribution in [2.45, 2.75) is 13.8 Å². The monoisotopic (exact) mass is 643 g/mol. The molecular weight excluding hydrogens is 618 g/mol. The molecular formula is C28H27Br2N3O5. The Bertz CT molecular complexity index is 1330. The number of hydrogen-bond acceptors (Lipinski definition) is 6. The summed E-state index contributed by atoms with van der Waals surface area (Å²) in [7, 11) is 0. The third-order valence-electron chi connectivity index (χ3n) is 4.95. The fourth-order valence-corrected chi connectivity index (χ4v) is 4.58. The summed E-state index contributed by atoms with van der Waals surface area (Å²) in [6, 6.07) is 15.9. The maximum Gasteiger partial charge on any atom is 0.271 e. The molecule has 10 heteroatoms. The fourth-order valence-electron chi connectivity index (χ4n) is 3.21. The molecule has 3 rings (SSSR count). The molecule has 8 nitrogen and oxygen atoms in total. The molecule has 0 saturated carbocycles. The lowest BCUT2D eigenvalue weighted by atomic mass is 10.2. The summed E-state index contributed by atoms with van der Waals surface area (Å²) >= 11 is 6.90. The molecule has 0 unspecified atom stereocenters. The van der Waals surface area contributed by atoms with E-state index in [0.29, 0.717) is 51.7 Å². The molecule has 198 valence electrons. The molecule has 0 spiro atoms. The number of nitrogens with zero attached hydrogens (tertiary/aromatic N) is 1. The molecule has 38 heavy (non-hydrogen) atoms. The molecule has 0 heterocycles. The molecule has 0 radical (unpaired) electrons. The smallest absolute Gasteiger partial charge is 0.271 e. The van der Waals surface area contributed by atoms with E-state index in [-0.39, 0.29) is 12.5 Å². The van der Waals surface area contributed by atoms with Crippen molar-refractivity contribution in [3.8, 4) is 17.2 Å². The Morgan fingerprint density at radius 1 is 1.00 bits per heavy atom. The Hall–Kier alpha value is -3.63. The first kappa shape index (κ1) is 28.9. The van der Waals surface area contributed by atoms with Crippen molar-refractivity contribution in [1.82, 2.24) is 5.43 Å². The van der Waals surface area contributed by atoms with Crippen molar-refractivity contribution < 1.29 is 23.8 Å². The second-order valence-corrected chi connectivity index (χ2v) is 9.67. The summed E-state index contributed by atoms with van der Waals surface area (Å²) < 4.78 is 18.3. The van der Waals surface area contributed by atoms with E-state index in [1.54, 1.807) is 36.4 Å². The second kappa shape index (κ2) is 14.3. The van der Waals surface area contributed by atoms with Crippen molar-refractivity contribution >= 4 is 55.6 Å². The van der Waals surface area contributed by atoms with Gasteiger partial charge in [-0.05, 0) is 72.2 Å². The Labute approximate surface area is 238 Å². The van der Waals surface area contributed by atoms with Crippen LogP contribution in [0.2, 0.25) is 0 Å². The van der Waals surface area contributed by atoms with Gasteiger partial charge in [-0.15, -0.1) is 0 Å². The van der Waals surface area contributed by atoms with E-state index < -0.39 is 5.91 Å². The quantitative estimate of drug-likeness (QED) is 0.138. The predicted molar refractivity (Wildman–Crippen MR) is 156 cm³/mol. The van der Waals surface area contributed by atoms with Crippen molar-refractivity contribution in [3.63, 3.8) is 0 Å². The molecule has 0 fully saturated rings. The third kappa shape index (κ3) is 8.46. The zero-order valence-corrected chi connectivity index (χ0v) is 24.1. The van der Waals surface area contributed by atoms with E-state index >= 15 is 0 Å². The molecule has 0 bridgehead atoms. The lowest BCUT2D eigenvalue weighted by Crippen LogP contribution is -2.21. The predicted octanol–water partition coefficient (Wildman–Crippen LogP) is 6.26. The molecule has 0 aliphatic carbocycles. The molecule has 3 aromatic rings. The minimum Gasteiger partial charge on any atom is -0.490 e. The molecule has 2 amide bonds. The summed E-state index contributed by atoms with van der Waals surface area (Å²) in [4.78, 5) is 25.1. The van der Waals surface area contributed by atoms with Crippen LogP contribution in [0.4, 0.5) is 5.69 Å². The van der Waals surface area contributed by atoms with Crippen LogP contribution in [0, 0.1) is 6.92 Å². The van der Waals surface area contributed by atoms with Crippen molar-refractivity contribution in [1.29, 1.82) is 0 Å². The minimum absolute atomic E-state index is 0.220. The van der Waals surface area contributed by atoms with Gasteiger partial charge in [0.2, 0.25) is 0 Å². The van der Waals surface area contributed by atoms with Crippen LogP contribution in [0.1, 0.15) is 28.4 Å². The summed E-state index contributed by atoms with van der Waals surface area (Å²) in [6.45, 7) is 7.96. The number of anilines is 1. The first-order chi connectivity index (χ1) is 18.3. The van der Waals surface area contributed by atoms with E-state index in [4.69, 9.17) is 14.2 Å². The summed E-state index contributed by atoms with van der Waals surface area (Å²) in [5, 5.41) is 6.87. The van der Waals surface area contributed by atoms with Gasteiger partial charge in [-0.1, -0.05) is 46.3 Å². The van der Waals surface area contributed by atoms with Gasteiger partial charge in [0.05, 0.1) is 17.3 Å². The van der Waals surface area contributed by atoms with E-state index in [1.165, 1.54) is 6.21 Å². The summed E-state index contributed by atoms with van der Waals surface area (Å²) in [6.07, 6.45) is 3.06. The van der Waals surface area contributed by atoms with Gasteiger partial charge in [0.1, 0.15) is 12.4 Å². The molecule has 2 N–H and O–H groups in total. The average Bonchev–Trinajstić information content (AvgIpc) is 2.88. The molecule has 0 aliphatic heterocycles. The van der Waals surface area contributed by atoms with Crippen LogP contribution in [0.15, 0.2) is 81.3 Å². The normalized spacial score (nSPS) is 10.6. The lowest BCUT2D eigenvalue weighted by molar-refractivity contribution is -0.118. The van der Waals surface area contributed by atoms with Gasteiger partial charge in [0.15, 0.2) is 18.1 Å². The van der Waals surface area contributed by atoms with Crippen LogP contribution < -0.4 is 25.0 Å². The fraction of sp³-hybridized carbons (Fsp3) is 0.179. The number of amides is 2. The number of carbonyl (C=O) groups is 2. The maximum atomic E-state index is 12.7. The van der Waals surface area contributed by atoms with Crippen LogP contribution in [0.5, 0.6) is 17.2 Å². The Balaban J connectivity index is 1.68. The number of carbonyl (C=O) groups excluding carboxylic acids is 2. The second-order valence-electron chi connectivity index (χ2n) is 7.90. The number of benzene rings is 3. The largest absolute Gasteiger partial charge is 0.490 e. The minimum atomic E-state index is -0.438. The van der Waals surface area contributed by atoms with E-state index in [2.05, 4.69) is 54.3 Å². The Kier molecular flexibility index (Phi) is 10.9. The van der Waals surface area contributed by atoms with Crippen LogP contribution >= 0.6 is 31.9 Å². The number of nitrogens with one attached hydrogen (secondary N) is 2. The summed E-state index contributed by atoms with van der Waals surface area (Å²) in [5.74, 6) is 0.602.